The van der Waals surface area contributed by atoms with Gasteiger partial charge in [0.25, 0.3) is 0 Å². The Morgan fingerprint density at radius 3 is 2.94 bits per heavy atom. The number of nitrogens with one attached hydrogen (secondary N) is 1. The predicted molar refractivity (Wildman–Crippen MR) is 70.8 cm³/mol. The monoisotopic (exact) mass is 241 g/mol. The summed E-state index contributed by atoms with van der Waals surface area (Å²) in [5, 5.41) is 3.20. The van der Waals surface area contributed by atoms with E-state index in [1.54, 1.807) is 0 Å². The fourth-order valence-electron chi connectivity index (χ4n) is 2.08. The zero-order chi connectivity index (χ0) is 11.7. The van der Waals surface area contributed by atoms with Crippen molar-refractivity contribution in [1.82, 2.24) is 4.98 Å². The first-order chi connectivity index (χ1) is 8.38. The molecule has 3 rings (SSSR count). The number of H-pyrrole nitrogens is 1. The third-order valence-electron chi connectivity index (χ3n) is 2.94. The third kappa shape index (κ3) is 1.78. The zero-order valence-electron chi connectivity index (χ0n) is 9.14. The molecule has 1 aromatic carbocycles. The summed E-state index contributed by atoms with van der Waals surface area (Å²) in [5.41, 5.74) is 3.49. The zero-order valence-corrected chi connectivity index (χ0v) is 9.96. The lowest BCUT2D eigenvalue weighted by atomic mass is 10.1. The summed E-state index contributed by atoms with van der Waals surface area (Å²) < 4.78 is 0. The molecule has 17 heavy (non-hydrogen) atoms. The summed E-state index contributed by atoms with van der Waals surface area (Å²) in [7, 11) is 0. The van der Waals surface area contributed by atoms with Gasteiger partial charge in [0.2, 0.25) is 0 Å². The number of fused-ring (bicyclic) bond motifs is 1. The highest BCUT2D eigenvalue weighted by Gasteiger charge is 2.08. The average Bonchev–Trinajstić information content (AvgIpc) is 2.97. The molecule has 0 saturated heterocycles. The SMILES string of the molecule is O=Cc1sccc1Cc1c[nH]c2ccccc12. The van der Waals surface area contributed by atoms with Gasteiger partial charge in [-0.05, 0) is 28.6 Å². The van der Waals surface area contributed by atoms with E-state index in [0.29, 0.717) is 0 Å². The number of carbonyl (C=O) groups excluding carboxylic acids is 1. The van der Waals surface area contributed by atoms with E-state index in [2.05, 4.69) is 17.1 Å². The molecule has 0 radical (unpaired) electrons. The van der Waals surface area contributed by atoms with Gasteiger partial charge in [-0.2, -0.15) is 0 Å². The number of aromatic amines is 1. The van der Waals surface area contributed by atoms with E-state index < -0.39 is 0 Å². The van der Waals surface area contributed by atoms with Gasteiger partial charge in [-0.3, -0.25) is 4.79 Å². The van der Waals surface area contributed by atoms with E-state index in [0.717, 1.165) is 28.7 Å². The number of hydrogen-bond acceptors (Lipinski definition) is 2. The Morgan fingerprint density at radius 1 is 1.18 bits per heavy atom. The number of rotatable bonds is 3. The van der Waals surface area contributed by atoms with Gasteiger partial charge in [-0.15, -0.1) is 11.3 Å². The fourth-order valence-corrected chi connectivity index (χ4v) is 2.81. The molecule has 2 aromatic heterocycles. The van der Waals surface area contributed by atoms with Crippen molar-refractivity contribution in [3.05, 3.63) is 57.9 Å². The second-order valence-electron chi connectivity index (χ2n) is 3.96. The van der Waals surface area contributed by atoms with E-state index in [1.807, 2.05) is 29.8 Å². The van der Waals surface area contributed by atoms with Crippen LogP contribution in [0, 0.1) is 0 Å². The van der Waals surface area contributed by atoms with E-state index in [4.69, 9.17) is 0 Å². The lowest BCUT2D eigenvalue weighted by molar-refractivity contribution is 0.112. The smallest absolute Gasteiger partial charge is 0.160 e. The molecular formula is C14H11NOS. The molecule has 0 amide bonds. The van der Waals surface area contributed by atoms with Gasteiger partial charge in [0, 0.05) is 23.5 Å². The summed E-state index contributed by atoms with van der Waals surface area (Å²) in [6.07, 6.45) is 3.77. The van der Waals surface area contributed by atoms with Crippen molar-refractivity contribution in [2.45, 2.75) is 6.42 Å². The summed E-state index contributed by atoms with van der Waals surface area (Å²) in [5.74, 6) is 0. The van der Waals surface area contributed by atoms with Crippen LogP contribution in [0.1, 0.15) is 20.8 Å². The standard InChI is InChI=1S/C14H11NOS/c16-9-14-10(5-6-17-14)7-11-8-15-13-4-2-1-3-12(11)13/h1-6,8-9,15H,7H2. The molecule has 0 aliphatic carbocycles. The minimum atomic E-state index is 0.807. The quantitative estimate of drug-likeness (QED) is 0.698. The molecule has 84 valence electrons. The van der Waals surface area contributed by atoms with Crippen LogP contribution in [-0.4, -0.2) is 11.3 Å². The maximum Gasteiger partial charge on any atom is 0.160 e. The number of aldehydes is 1. The Balaban J connectivity index is 2.03. The molecule has 0 atom stereocenters. The Morgan fingerprint density at radius 2 is 2.06 bits per heavy atom. The first-order valence-electron chi connectivity index (χ1n) is 5.45. The Bertz CT molecular complexity index is 665. The number of para-hydroxylation sites is 1. The third-order valence-corrected chi connectivity index (χ3v) is 3.83. The summed E-state index contributed by atoms with van der Waals surface area (Å²) in [6.45, 7) is 0. The molecule has 0 fully saturated rings. The molecule has 0 unspecified atom stereocenters. The van der Waals surface area contributed by atoms with Gasteiger partial charge in [0.1, 0.15) is 0 Å². The highest BCUT2D eigenvalue weighted by molar-refractivity contribution is 7.11. The number of benzene rings is 1. The maximum absolute atomic E-state index is 10.9. The molecule has 3 heteroatoms. The lowest BCUT2D eigenvalue weighted by Gasteiger charge is -1.98. The van der Waals surface area contributed by atoms with Crippen LogP contribution >= 0.6 is 11.3 Å². The second-order valence-corrected chi connectivity index (χ2v) is 4.91. The molecule has 3 aromatic rings. The maximum atomic E-state index is 10.9. The molecule has 0 aliphatic heterocycles. The lowest BCUT2D eigenvalue weighted by Crippen LogP contribution is -1.88. The largest absolute Gasteiger partial charge is 0.361 e. The molecule has 0 spiro atoms. The van der Waals surface area contributed by atoms with Crippen molar-refractivity contribution in [3.8, 4) is 0 Å². The van der Waals surface area contributed by atoms with Gasteiger partial charge in [-0.1, -0.05) is 18.2 Å². The molecule has 0 bridgehead atoms. The number of aromatic nitrogens is 1. The van der Waals surface area contributed by atoms with E-state index in [1.165, 1.54) is 22.3 Å². The molecular weight excluding hydrogens is 230 g/mol. The van der Waals surface area contributed by atoms with Gasteiger partial charge in [-0.25, -0.2) is 0 Å². The van der Waals surface area contributed by atoms with Crippen molar-refractivity contribution in [3.63, 3.8) is 0 Å². The Hall–Kier alpha value is -1.87. The van der Waals surface area contributed by atoms with Crippen LogP contribution in [0.15, 0.2) is 41.9 Å². The van der Waals surface area contributed by atoms with Crippen LogP contribution in [-0.2, 0) is 6.42 Å². The number of thiophene rings is 1. The van der Waals surface area contributed by atoms with Crippen LogP contribution in [0.5, 0.6) is 0 Å². The second kappa shape index (κ2) is 4.18. The van der Waals surface area contributed by atoms with Gasteiger partial charge in [0.15, 0.2) is 6.29 Å². The molecule has 2 nitrogen and oxygen atoms in total. The average molecular weight is 241 g/mol. The van der Waals surface area contributed by atoms with Crippen LogP contribution < -0.4 is 0 Å². The fraction of sp³-hybridized carbons (Fsp3) is 0.0714. The molecule has 1 N–H and O–H groups in total. The number of carbonyl (C=O) groups is 1. The van der Waals surface area contributed by atoms with E-state index >= 15 is 0 Å². The summed E-state index contributed by atoms with van der Waals surface area (Å²) >= 11 is 1.50. The number of hydrogen-bond donors (Lipinski definition) is 1. The van der Waals surface area contributed by atoms with Gasteiger partial charge in [0.05, 0.1) is 4.88 Å². The highest BCUT2D eigenvalue weighted by atomic mass is 32.1. The van der Waals surface area contributed by atoms with Crippen molar-refractivity contribution < 1.29 is 4.79 Å². The first kappa shape index (κ1) is 10.3. The summed E-state index contributed by atoms with van der Waals surface area (Å²) in [6, 6.07) is 10.2. The minimum Gasteiger partial charge on any atom is -0.361 e. The highest BCUT2D eigenvalue weighted by Crippen LogP contribution is 2.23. The van der Waals surface area contributed by atoms with E-state index in [-0.39, 0.29) is 0 Å². The van der Waals surface area contributed by atoms with Gasteiger partial charge >= 0.3 is 0 Å². The van der Waals surface area contributed by atoms with Crippen LogP contribution in [0.2, 0.25) is 0 Å². The van der Waals surface area contributed by atoms with Crippen molar-refractivity contribution in [2.24, 2.45) is 0 Å². The van der Waals surface area contributed by atoms with Crippen molar-refractivity contribution in [1.29, 1.82) is 0 Å². The molecule has 2 heterocycles. The first-order valence-corrected chi connectivity index (χ1v) is 6.33. The molecule has 0 aliphatic rings. The Kier molecular flexibility index (Phi) is 2.53. The predicted octanol–water partition coefficient (Wildman–Crippen LogP) is 3.63. The van der Waals surface area contributed by atoms with Gasteiger partial charge < -0.3 is 4.98 Å². The Labute approximate surface area is 103 Å². The topological polar surface area (TPSA) is 32.9 Å². The summed E-state index contributed by atoms with van der Waals surface area (Å²) in [4.78, 5) is 15.0. The minimum absolute atomic E-state index is 0.807. The van der Waals surface area contributed by atoms with Crippen LogP contribution in [0.4, 0.5) is 0 Å². The van der Waals surface area contributed by atoms with Crippen molar-refractivity contribution in [2.75, 3.05) is 0 Å². The van der Waals surface area contributed by atoms with Crippen LogP contribution in [0.3, 0.4) is 0 Å². The van der Waals surface area contributed by atoms with Crippen molar-refractivity contribution >= 4 is 28.5 Å². The normalized spacial score (nSPS) is 10.8. The van der Waals surface area contributed by atoms with Crippen LogP contribution in [0.25, 0.3) is 10.9 Å². The van der Waals surface area contributed by atoms with E-state index in [9.17, 15) is 4.79 Å². The molecule has 0 saturated carbocycles.